The van der Waals surface area contributed by atoms with Gasteiger partial charge in [-0.2, -0.15) is 0 Å². The Labute approximate surface area is 177 Å². The lowest BCUT2D eigenvalue weighted by molar-refractivity contribution is -0.119. The van der Waals surface area contributed by atoms with Gasteiger partial charge in [0.2, 0.25) is 11.8 Å². The third kappa shape index (κ3) is 6.56. The van der Waals surface area contributed by atoms with E-state index < -0.39 is 5.82 Å². The quantitative estimate of drug-likeness (QED) is 0.730. The van der Waals surface area contributed by atoms with Gasteiger partial charge < -0.3 is 15.5 Å². The molecule has 30 heavy (non-hydrogen) atoms. The molecule has 2 amide bonds. The molecule has 0 unspecified atom stereocenters. The van der Waals surface area contributed by atoms with Crippen LogP contribution < -0.4 is 15.5 Å². The number of rotatable bonds is 7. The van der Waals surface area contributed by atoms with E-state index in [0.29, 0.717) is 5.69 Å². The number of halogens is 1. The topological polar surface area (TPSA) is 64.7 Å². The fraction of sp³-hybridized carbons (Fsp3) is 0.391. The molecule has 1 saturated heterocycles. The molecule has 2 aromatic carbocycles. The summed E-state index contributed by atoms with van der Waals surface area (Å²) in [6.07, 6.45) is 2.41. The first-order valence-corrected chi connectivity index (χ1v) is 10.3. The van der Waals surface area contributed by atoms with E-state index >= 15 is 0 Å². The SMILES string of the molecule is CC1CCN(c2ccc(NC(=O)CN(C)CC(=O)Nc3cccc(F)c3)cc2)CC1. The number of likely N-dealkylation sites (N-methyl/N-ethyl adjacent to an activating group) is 1. The summed E-state index contributed by atoms with van der Waals surface area (Å²) < 4.78 is 13.2. The highest BCUT2D eigenvalue weighted by Crippen LogP contribution is 2.24. The zero-order valence-electron chi connectivity index (χ0n) is 17.5. The van der Waals surface area contributed by atoms with Crippen LogP contribution in [-0.4, -0.2) is 49.9 Å². The van der Waals surface area contributed by atoms with E-state index in [1.807, 2.05) is 24.3 Å². The molecule has 1 fully saturated rings. The van der Waals surface area contributed by atoms with E-state index in [1.165, 1.54) is 36.7 Å². The molecule has 0 saturated carbocycles. The van der Waals surface area contributed by atoms with E-state index in [0.717, 1.165) is 24.7 Å². The first-order valence-electron chi connectivity index (χ1n) is 10.3. The number of hydrogen-bond acceptors (Lipinski definition) is 4. The van der Waals surface area contributed by atoms with E-state index in [-0.39, 0.29) is 24.9 Å². The summed E-state index contributed by atoms with van der Waals surface area (Å²) in [7, 11) is 1.69. The fourth-order valence-corrected chi connectivity index (χ4v) is 3.54. The van der Waals surface area contributed by atoms with Crippen LogP contribution in [0.2, 0.25) is 0 Å². The van der Waals surface area contributed by atoms with Crippen LogP contribution in [0.3, 0.4) is 0 Å². The maximum absolute atomic E-state index is 13.2. The number of amides is 2. The molecule has 0 aromatic heterocycles. The van der Waals surface area contributed by atoms with Crippen molar-refractivity contribution in [2.75, 3.05) is 48.8 Å². The van der Waals surface area contributed by atoms with Gasteiger partial charge in [0, 0.05) is 30.2 Å². The molecule has 2 aromatic rings. The van der Waals surface area contributed by atoms with Gasteiger partial charge in [0.05, 0.1) is 13.1 Å². The first kappa shape index (κ1) is 21.8. The molecule has 0 aliphatic carbocycles. The number of nitrogens with one attached hydrogen (secondary N) is 2. The molecule has 1 heterocycles. The summed E-state index contributed by atoms with van der Waals surface area (Å²) in [4.78, 5) is 28.3. The number of benzene rings is 2. The Kier molecular flexibility index (Phi) is 7.41. The number of nitrogens with zero attached hydrogens (tertiary/aromatic N) is 2. The lowest BCUT2D eigenvalue weighted by Crippen LogP contribution is -2.36. The molecule has 0 atom stereocenters. The number of carbonyl (C=O) groups excluding carboxylic acids is 2. The number of hydrogen-bond donors (Lipinski definition) is 2. The average molecular weight is 413 g/mol. The zero-order valence-corrected chi connectivity index (χ0v) is 17.5. The molecule has 7 heteroatoms. The van der Waals surface area contributed by atoms with Gasteiger partial charge in [-0.15, -0.1) is 0 Å². The molecule has 0 spiro atoms. The molecule has 0 radical (unpaired) electrons. The Bertz CT molecular complexity index is 864. The fourth-order valence-electron chi connectivity index (χ4n) is 3.54. The second-order valence-electron chi connectivity index (χ2n) is 8.00. The van der Waals surface area contributed by atoms with Crippen molar-refractivity contribution in [3.63, 3.8) is 0 Å². The van der Waals surface area contributed by atoms with Gasteiger partial charge in [0.15, 0.2) is 0 Å². The van der Waals surface area contributed by atoms with Crippen LogP contribution in [0, 0.1) is 11.7 Å². The largest absolute Gasteiger partial charge is 0.372 e. The minimum absolute atomic E-state index is 0.0241. The van der Waals surface area contributed by atoms with Gasteiger partial charge in [-0.05, 0) is 68.3 Å². The Morgan fingerprint density at radius 2 is 1.60 bits per heavy atom. The van der Waals surface area contributed by atoms with E-state index in [2.05, 4.69) is 22.5 Å². The van der Waals surface area contributed by atoms with Crippen molar-refractivity contribution < 1.29 is 14.0 Å². The Balaban J connectivity index is 1.43. The number of piperidine rings is 1. The summed E-state index contributed by atoms with van der Waals surface area (Å²) in [6, 6.07) is 13.6. The van der Waals surface area contributed by atoms with E-state index in [4.69, 9.17) is 0 Å². The van der Waals surface area contributed by atoms with Crippen LogP contribution in [0.5, 0.6) is 0 Å². The summed E-state index contributed by atoms with van der Waals surface area (Å²) in [5.74, 6) is -0.138. The monoisotopic (exact) mass is 412 g/mol. The van der Waals surface area contributed by atoms with Crippen LogP contribution in [0.4, 0.5) is 21.5 Å². The van der Waals surface area contributed by atoms with Gasteiger partial charge in [-0.3, -0.25) is 14.5 Å². The minimum Gasteiger partial charge on any atom is -0.372 e. The summed E-state index contributed by atoms with van der Waals surface area (Å²) in [6.45, 7) is 4.52. The Morgan fingerprint density at radius 1 is 1.00 bits per heavy atom. The second-order valence-corrected chi connectivity index (χ2v) is 8.00. The summed E-state index contributed by atoms with van der Waals surface area (Å²) >= 11 is 0. The predicted molar refractivity (Wildman–Crippen MR) is 118 cm³/mol. The molecule has 1 aliphatic rings. The maximum Gasteiger partial charge on any atom is 0.238 e. The summed E-state index contributed by atoms with van der Waals surface area (Å²) in [5.41, 5.74) is 2.29. The van der Waals surface area contributed by atoms with Crippen molar-refractivity contribution in [2.24, 2.45) is 5.92 Å². The normalized spacial score (nSPS) is 14.6. The van der Waals surface area contributed by atoms with Crippen molar-refractivity contribution in [1.29, 1.82) is 0 Å². The molecule has 0 bridgehead atoms. The molecule has 6 nitrogen and oxygen atoms in total. The van der Waals surface area contributed by atoms with Crippen LogP contribution in [0.1, 0.15) is 19.8 Å². The first-order chi connectivity index (χ1) is 14.4. The third-order valence-electron chi connectivity index (χ3n) is 5.24. The van der Waals surface area contributed by atoms with Crippen molar-refractivity contribution in [3.8, 4) is 0 Å². The highest BCUT2D eigenvalue weighted by atomic mass is 19.1. The second kappa shape index (κ2) is 10.2. The Morgan fingerprint density at radius 3 is 2.20 bits per heavy atom. The lowest BCUT2D eigenvalue weighted by Gasteiger charge is -2.32. The minimum atomic E-state index is -0.415. The molecule has 2 N–H and O–H groups in total. The van der Waals surface area contributed by atoms with E-state index in [9.17, 15) is 14.0 Å². The number of carbonyl (C=O) groups is 2. The molecular formula is C23H29FN4O2. The zero-order chi connectivity index (χ0) is 21.5. The van der Waals surface area contributed by atoms with Crippen molar-refractivity contribution in [2.45, 2.75) is 19.8 Å². The molecule has 160 valence electrons. The van der Waals surface area contributed by atoms with Crippen molar-refractivity contribution in [1.82, 2.24) is 4.90 Å². The van der Waals surface area contributed by atoms with Crippen LogP contribution in [0.25, 0.3) is 0 Å². The van der Waals surface area contributed by atoms with Gasteiger partial charge >= 0.3 is 0 Å². The summed E-state index contributed by atoms with van der Waals surface area (Å²) in [5, 5.41) is 5.48. The smallest absolute Gasteiger partial charge is 0.238 e. The van der Waals surface area contributed by atoms with Gasteiger partial charge in [-0.1, -0.05) is 13.0 Å². The predicted octanol–water partition coefficient (Wildman–Crippen LogP) is 3.57. The number of anilines is 3. The van der Waals surface area contributed by atoms with E-state index in [1.54, 1.807) is 18.0 Å². The molecular weight excluding hydrogens is 383 g/mol. The van der Waals surface area contributed by atoms with Crippen LogP contribution >= 0.6 is 0 Å². The van der Waals surface area contributed by atoms with Crippen molar-refractivity contribution >= 4 is 28.9 Å². The third-order valence-corrected chi connectivity index (χ3v) is 5.24. The molecule has 3 rings (SSSR count). The average Bonchev–Trinajstić information content (AvgIpc) is 2.69. The Hall–Kier alpha value is -2.93. The molecule has 1 aliphatic heterocycles. The maximum atomic E-state index is 13.2. The highest BCUT2D eigenvalue weighted by molar-refractivity contribution is 5.94. The van der Waals surface area contributed by atoms with Gasteiger partial charge in [0.1, 0.15) is 5.82 Å². The van der Waals surface area contributed by atoms with Gasteiger partial charge in [0.25, 0.3) is 0 Å². The highest BCUT2D eigenvalue weighted by Gasteiger charge is 2.16. The van der Waals surface area contributed by atoms with Crippen LogP contribution in [-0.2, 0) is 9.59 Å². The van der Waals surface area contributed by atoms with Gasteiger partial charge in [-0.25, -0.2) is 4.39 Å². The lowest BCUT2D eigenvalue weighted by atomic mass is 9.99. The van der Waals surface area contributed by atoms with Crippen molar-refractivity contribution in [3.05, 3.63) is 54.3 Å². The standard InChI is InChI=1S/C23H29FN4O2/c1-17-10-12-28(13-11-17)21-8-6-19(7-9-21)25-22(29)15-27(2)16-23(30)26-20-5-3-4-18(24)14-20/h3-9,14,17H,10-13,15-16H2,1-2H3,(H,25,29)(H,26,30). The van der Waals surface area contributed by atoms with Crippen LogP contribution in [0.15, 0.2) is 48.5 Å².